The van der Waals surface area contributed by atoms with Crippen LogP contribution < -0.4 is 4.90 Å². The molecule has 1 fully saturated rings. The Morgan fingerprint density at radius 3 is 2.16 bits per heavy atom. The van der Waals surface area contributed by atoms with Crippen molar-refractivity contribution in [2.75, 3.05) is 4.90 Å². The second-order valence-corrected chi connectivity index (χ2v) is 12.4. The van der Waals surface area contributed by atoms with E-state index >= 15 is 0 Å². The lowest BCUT2D eigenvalue weighted by atomic mass is 9.63. The molecule has 0 bridgehead atoms. The molecule has 1 spiro atoms. The van der Waals surface area contributed by atoms with Crippen LogP contribution in [0.15, 0.2) is 77.3 Å². The Hall–Kier alpha value is -3.02. The molecule has 4 nitrogen and oxygen atoms in total. The molecule has 1 saturated heterocycles. The first-order chi connectivity index (χ1) is 17.6. The van der Waals surface area contributed by atoms with Crippen LogP contribution in [0.5, 0.6) is 0 Å². The molecule has 2 heterocycles. The third kappa shape index (κ3) is 3.30. The minimum absolute atomic E-state index is 0.0185. The van der Waals surface area contributed by atoms with Crippen LogP contribution in [0, 0.1) is 10.8 Å². The Labute approximate surface area is 229 Å². The van der Waals surface area contributed by atoms with Crippen molar-refractivity contribution in [1.29, 1.82) is 0 Å². The number of carbonyl (C=O) groups excluding carboxylic acids is 3. The normalized spacial score (nSPS) is 23.3. The summed E-state index contributed by atoms with van der Waals surface area (Å²) in [5.74, 6) is -1.14. The van der Waals surface area contributed by atoms with E-state index in [0.29, 0.717) is 16.1 Å². The Balaban J connectivity index is 1.70. The average Bonchev–Trinajstić information content (AvgIpc) is 3.29. The van der Waals surface area contributed by atoms with Gasteiger partial charge in [-0.05, 0) is 41.5 Å². The number of nitrogens with zero attached hydrogens (tertiary/aromatic N) is 1. The first-order valence-electron chi connectivity index (χ1n) is 12.3. The van der Waals surface area contributed by atoms with Gasteiger partial charge in [0.1, 0.15) is 5.41 Å². The van der Waals surface area contributed by atoms with Gasteiger partial charge in [0.15, 0.2) is 17.3 Å². The smallest absolute Gasteiger partial charge is 0.180 e. The molecule has 6 rings (SSSR count). The fourth-order valence-electron chi connectivity index (χ4n) is 6.43. The van der Waals surface area contributed by atoms with Crippen LogP contribution in [0.25, 0.3) is 6.08 Å². The molecular weight excluding hydrogens is 550 g/mol. The lowest BCUT2D eigenvalue weighted by Crippen LogP contribution is -2.49. The lowest BCUT2D eigenvalue weighted by Gasteiger charge is -2.38. The van der Waals surface area contributed by atoms with Gasteiger partial charge in [-0.3, -0.25) is 14.4 Å². The van der Waals surface area contributed by atoms with E-state index in [1.807, 2.05) is 74.2 Å². The fraction of sp³-hybridized carbons (Fsp3) is 0.258. The van der Waals surface area contributed by atoms with E-state index in [1.165, 1.54) is 0 Å². The van der Waals surface area contributed by atoms with Gasteiger partial charge >= 0.3 is 0 Å². The Bertz CT molecular complexity index is 1480. The number of hydrogen-bond acceptors (Lipinski definition) is 4. The number of rotatable bonds is 2. The first-order valence-corrected chi connectivity index (χ1v) is 13.5. The molecule has 186 valence electrons. The minimum atomic E-state index is -1.48. The summed E-state index contributed by atoms with van der Waals surface area (Å²) in [4.78, 5) is 45.4. The summed E-state index contributed by atoms with van der Waals surface area (Å²) in [6, 6.07) is 18.9. The van der Waals surface area contributed by atoms with Crippen molar-refractivity contribution in [2.45, 2.75) is 38.8 Å². The van der Waals surface area contributed by atoms with E-state index in [1.54, 1.807) is 30.3 Å². The van der Waals surface area contributed by atoms with Crippen molar-refractivity contribution in [1.82, 2.24) is 0 Å². The zero-order chi connectivity index (χ0) is 26.3. The monoisotopic (exact) mass is 573 g/mol. The molecule has 1 aliphatic carbocycles. The van der Waals surface area contributed by atoms with E-state index in [4.69, 9.17) is 11.6 Å². The van der Waals surface area contributed by atoms with E-state index in [-0.39, 0.29) is 17.3 Å². The quantitative estimate of drug-likeness (QED) is 0.305. The Morgan fingerprint density at radius 2 is 1.57 bits per heavy atom. The molecule has 37 heavy (non-hydrogen) atoms. The summed E-state index contributed by atoms with van der Waals surface area (Å²) in [5, 5.41) is 0.583. The van der Waals surface area contributed by atoms with Gasteiger partial charge in [-0.1, -0.05) is 96.9 Å². The number of hydrogen-bond donors (Lipinski definition) is 0. The summed E-state index contributed by atoms with van der Waals surface area (Å²) < 4.78 is 0.881. The fourth-order valence-corrected chi connectivity index (χ4v) is 6.88. The van der Waals surface area contributed by atoms with E-state index in [2.05, 4.69) is 15.9 Å². The van der Waals surface area contributed by atoms with Crippen LogP contribution in [-0.2, 0) is 4.79 Å². The first kappa shape index (κ1) is 24.3. The number of ketones is 3. The van der Waals surface area contributed by atoms with Gasteiger partial charge in [-0.2, -0.15) is 0 Å². The minimum Gasteiger partial charge on any atom is -0.352 e. The summed E-state index contributed by atoms with van der Waals surface area (Å²) in [6.45, 7) is 5.68. The highest BCUT2D eigenvalue weighted by Gasteiger charge is 2.71. The summed E-state index contributed by atoms with van der Waals surface area (Å²) in [7, 11) is 0. The number of halogens is 2. The third-order valence-corrected chi connectivity index (χ3v) is 8.77. The van der Waals surface area contributed by atoms with Gasteiger partial charge < -0.3 is 4.90 Å². The number of benzene rings is 3. The molecule has 3 atom stereocenters. The van der Waals surface area contributed by atoms with Gasteiger partial charge in [-0.25, -0.2) is 0 Å². The van der Waals surface area contributed by atoms with Crippen LogP contribution in [0.1, 0.15) is 58.5 Å². The second kappa shape index (κ2) is 8.24. The van der Waals surface area contributed by atoms with Crippen molar-refractivity contribution in [2.24, 2.45) is 10.8 Å². The molecule has 6 heteroatoms. The van der Waals surface area contributed by atoms with Crippen LogP contribution in [-0.4, -0.2) is 29.4 Å². The van der Waals surface area contributed by atoms with Crippen LogP contribution in [0.2, 0.25) is 5.02 Å². The van der Waals surface area contributed by atoms with Crippen LogP contribution >= 0.6 is 27.5 Å². The van der Waals surface area contributed by atoms with Crippen LogP contribution in [0.4, 0.5) is 5.69 Å². The highest BCUT2D eigenvalue weighted by Crippen LogP contribution is 2.61. The van der Waals surface area contributed by atoms with Gasteiger partial charge in [0.2, 0.25) is 0 Å². The SMILES string of the molecule is CC(C)(C)C(=O)[C@H]1[C@H](c2ccc(Br)cc2)C2(C(=O)c3ccccc3C2=O)[C@@H]2C=Cc3cc(Cl)ccc3N21. The number of fused-ring (bicyclic) bond motifs is 5. The third-order valence-electron chi connectivity index (χ3n) is 8.00. The predicted molar refractivity (Wildman–Crippen MR) is 149 cm³/mol. The van der Waals surface area contributed by atoms with Crippen molar-refractivity contribution in [3.63, 3.8) is 0 Å². The standard InChI is InChI=1S/C31H25BrClNO3/c1-30(2,3)29(37)26-25(17-8-11-19(32)12-9-17)31(27(35)21-6-4-5-7-22(21)28(31)36)24-15-10-18-16-20(33)13-14-23(18)34(24)26/h4-16,24-26H,1-3H3/t24-,25-,26+/m0/s1. The van der Waals surface area contributed by atoms with Crippen LogP contribution in [0.3, 0.4) is 0 Å². The van der Waals surface area contributed by atoms with Crippen molar-refractivity contribution < 1.29 is 14.4 Å². The summed E-state index contributed by atoms with van der Waals surface area (Å²) in [5.41, 5.74) is 1.12. The Kier molecular flexibility index (Phi) is 5.42. The lowest BCUT2D eigenvalue weighted by molar-refractivity contribution is -0.127. The maximum Gasteiger partial charge on any atom is 0.180 e. The molecule has 0 unspecified atom stereocenters. The highest BCUT2D eigenvalue weighted by molar-refractivity contribution is 9.10. The molecule has 3 aromatic rings. The van der Waals surface area contributed by atoms with Crippen molar-refractivity contribution in [3.8, 4) is 0 Å². The van der Waals surface area contributed by atoms with E-state index in [9.17, 15) is 14.4 Å². The zero-order valence-corrected chi connectivity index (χ0v) is 23.0. The maximum atomic E-state index is 14.5. The molecule has 0 aromatic heterocycles. The van der Waals surface area contributed by atoms with Gasteiger partial charge in [0.05, 0.1) is 12.1 Å². The average molecular weight is 575 g/mol. The number of Topliss-reactive ketones (excluding diaryl/α,β-unsaturated/α-hetero) is 3. The van der Waals surface area contributed by atoms with Gasteiger partial charge in [-0.15, -0.1) is 0 Å². The Morgan fingerprint density at radius 1 is 0.946 bits per heavy atom. The predicted octanol–water partition coefficient (Wildman–Crippen LogP) is 7.15. The molecule has 0 radical (unpaired) electrons. The second-order valence-electron chi connectivity index (χ2n) is 11.1. The summed E-state index contributed by atoms with van der Waals surface area (Å²) >= 11 is 9.83. The largest absolute Gasteiger partial charge is 0.352 e. The number of anilines is 1. The highest BCUT2D eigenvalue weighted by atomic mass is 79.9. The van der Waals surface area contributed by atoms with Gasteiger partial charge in [0.25, 0.3) is 0 Å². The molecule has 3 aliphatic rings. The molecule has 2 aliphatic heterocycles. The molecule has 3 aromatic carbocycles. The van der Waals surface area contributed by atoms with E-state index < -0.39 is 28.8 Å². The summed E-state index contributed by atoms with van der Waals surface area (Å²) in [6.07, 6.45) is 3.85. The topological polar surface area (TPSA) is 54.5 Å². The molecule has 0 saturated carbocycles. The molecule has 0 N–H and O–H groups in total. The number of carbonyl (C=O) groups is 3. The van der Waals surface area contributed by atoms with E-state index in [0.717, 1.165) is 21.3 Å². The molecule has 0 amide bonds. The maximum absolute atomic E-state index is 14.5. The van der Waals surface area contributed by atoms with Crippen molar-refractivity contribution >= 4 is 56.6 Å². The van der Waals surface area contributed by atoms with Gasteiger partial charge in [0, 0.05) is 37.6 Å². The zero-order valence-electron chi connectivity index (χ0n) is 20.7. The van der Waals surface area contributed by atoms with Crippen molar-refractivity contribution in [3.05, 3.63) is 105 Å². The molecular formula is C31H25BrClNO3.